The normalized spacial score (nSPS) is 18.0. The Morgan fingerprint density at radius 2 is 1.89 bits per heavy atom. The maximum absolute atomic E-state index is 12.7. The highest BCUT2D eigenvalue weighted by molar-refractivity contribution is 5.95. The SMILES string of the molecule is CN(C)CCN(C)C(=O)c1ccc2c(c1)NC(C)(COc1ccccc1)CO2. The molecule has 0 fully saturated rings. The summed E-state index contributed by atoms with van der Waals surface area (Å²) in [4.78, 5) is 16.5. The number of hydrogen-bond acceptors (Lipinski definition) is 5. The van der Waals surface area contributed by atoms with Gasteiger partial charge in [0.2, 0.25) is 0 Å². The molecule has 150 valence electrons. The van der Waals surface area contributed by atoms with Crippen LogP contribution in [0.2, 0.25) is 0 Å². The molecule has 0 bridgehead atoms. The van der Waals surface area contributed by atoms with E-state index in [4.69, 9.17) is 9.47 Å². The Kier molecular flexibility index (Phi) is 6.09. The van der Waals surface area contributed by atoms with Gasteiger partial charge in [0.1, 0.15) is 30.3 Å². The van der Waals surface area contributed by atoms with Gasteiger partial charge in [-0.15, -0.1) is 0 Å². The number of benzene rings is 2. The van der Waals surface area contributed by atoms with Gasteiger partial charge in [0.25, 0.3) is 5.91 Å². The fourth-order valence-corrected chi connectivity index (χ4v) is 2.99. The summed E-state index contributed by atoms with van der Waals surface area (Å²) < 4.78 is 11.8. The van der Waals surface area contributed by atoms with Crippen LogP contribution < -0.4 is 14.8 Å². The number of hydrogen-bond donors (Lipinski definition) is 1. The van der Waals surface area contributed by atoms with E-state index >= 15 is 0 Å². The molecule has 0 spiro atoms. The quantitative estimate of drug-likeness (QED) is 0.797. The van der Waals surface area contributed by atoms with Crippen LogP contribution in [0.5, 0.6) is 11.5 Å². The minimum atomic E-state index is -0.388. The van der Waals surface area contributed by atoms with Crippen molar-refractivity contribution in [2.24, 2.45) is 0 Å². The first-order chi connectivity index (χ1) is 13.4. The molecule has 2 aromatic carbocycles. The highest BCUT2D eigenvalue weighted by Gasteiger charge is 2.32. The van der Waals surface area contributed by atoms with E-state index < -0.39 is 0 Å². The Bertz CT molecular complexity index is 810. The van der Waals surface area contributed by atoms with Crippen molar-refractivity contribution >= 4 is 11.6 Å². The molecule has 1 unspecified atom stereocenters. The van der Waals surface area contributed by atoms with E-state index in [-0.39, 0.29) is 11.4 Å². The highest BCUT2D eigenvalue weighted by atomic mass is 16.5. The number of carbonyl (C=O) groups is 1. The second kappa shape index (κ2) is 8.52. The molecule has 1 aliphatic rings. The second-order valence-corrected chi connectivity index (χ2v) is 7.82. The lowest BCUT2D eigenvalue weighted by molar-refractivity contribution is 0.0786. The van der Waals surface area contributed by atoms with Crippen LogP contribution in [-0.2, 0) is 0 Å². The molecule has 6 heteroatoms. The van der Waals surface area contributed by atoms with Gasteiger partial charge in [0, 0.05) is 25.7 Å². The number of likely N-dealkylation sites (N-methyl/N-ethyl adjacent to an activating group) is 2. The molecule has 2 aromatic rings. The average molecular weight is 383 g/mol. The molecule has 1 heterocycles. The van der Waals surface area contributed by atoms with Crippen LogP contribution in [0.1, 0.15) is 17.3 Å². The van der Waals surface area contributed by atoms with E-state index in [2.05, 4.69) is 17.1 Å². The number of fused-ring (bicyclic) bond motifs is 1. The lowest BCUT2D eigenvalue weighted by Crippen LogP contribution is -2.49. The van der Waals surface area contributed by atoms with E-state index in [1.165, 1.54) is 0 Å². The summed E-state index contributed by atoms with van der Waals surface area (Å²) in [6.07, 6.45) is 0. The van der Waals surface area contributed by atoms with Crippen molar-refractivity contribution in [3.63, 3.8) is 0 Å². The zero-order valence-corrected chi connectivity index (χ0v) is 17.1. The fraction of sp³-hybridized carbons (Fsp3) is 0.409. The molecular weight excluding hydrogens is 354 g/mol. The predicted molar refractivity (Wildman–Crippen MR) is 111 cm³/mol. The Labute approximate surface area is 167 Å². The number of nitrogens with one attached hydrogen (secondary N) is 1. The van der Waals surface area contributed by atoms with Crippen molar-refractivity contribution in [1.29, 1.82) is 0 Å². The molecule has 1 aliphatic heterocycles. The number of rotatable bonds is 7. The molecule has 0 aromatic heterocycles. The van der Waals surface area contributed by atoms with Gasteiger partial charge in [-0.2, -0.15) is 0 Å². The fourth-order valence-electron chi connectivity index (χ4n) is 2.99. The van der Waals surface area contributed by atoms with E-state index in [0.717, 1.165) is 23.7 Å². The van der Waals surface area contributed by atoms with Crippen molar-refractivity contribution in [3.05, 3.63) is 54.1 Å². The van der Waals surface area contributed by atoms with Crippen molar-refractivity contribution in [3.8, 4) is 11.5 Å². The Morgan fingerprint density at radius 1 is 1.14 bits per heavy atom. The van der Waals surface area contributed by atoms with Crippen LogP contribution in [0, 0.1) is 0 Å². The monoisotopic (exact) mass is 383 g/mol. The number of carbonyl (C=O) groups excluding carboxylic acids is 1. The molecule has 1 amide bonds. The van der Waals surface area contributed by atoms with Crippen molar-refractivity contribution in [2.75, 3.05) is 52.8 Å². The molecule has 1 atom stereocenters. The largest absolute Gasteiger partial charge is 0.491 e. The number of ether oxygens (including phenoxy) is 2. The summed E-state index contributed by atoms with van der Waals surface area (Å²) in [7, 11) is 5.82. The first-order valence-electron chi connectivity index (χ1n) is 9.49. The third-order valence-electron chi connectivity index (χ3n) is 4.74. The van der Waals surface area contributed by atoms with Crippen molar-refractivity contribution in [1.82, 2.24) is 9.80 Å². The molecule has 0 saturated carbocycles. The number of anilines is 1. The van der Waals surface area contributed by atoms with E-state index in [1.54, 1.807) is 4.90 Å². The van der Waals surface area contributed by atoms with Crippen LogP contribution in [0.4, 0.5) is 5.69 Å². The van der Waals surface area contributed by atoms with Gasteiger partial charge in [0.05, 0.1) is 5.69 Å². The molecular formula is C22H29N3O3. The van der Waals surface area contributed by atoms with Gasteiger partial charge in [-0.3, -0.25) is 4.79 Å². The second-order valence-electron chi connectivity index (χ2n) is 7.82. The molecule has 1 N–H and O–H groups in total. The number of para-hydroxylation sites is 1. The topological polar surface area (TPSA) is 54.0 Å². The first kappa shape index (κ1) is 20.0. The lowest BCUT2D eigenvalue weighted by Gasteiger charge is -2.36. The maximum atomic E-state index is 12.7. The van der Waals surface area contributed by atoms with Gasteiger partial charge in [-0.05, 0) is 51.4 Å². The van der Waals surface area contributed by atoms with Gasteiger partial charge >= 0.3 is 0 Å². The lowest BCUT2D eigenvalue weighted by atomic mass is 10.0. The van der Waals surface area contributed by atoms with Gasteiger partial charge in [-0.1, -0.05) is 18.2 Å². The standard InChI is InChI=1S/C22H29N3O3/c1-22(15-27-18-8-6-5-7-9-18)16-28-20-11-10-17(14-19(20)23-22)21(26)25(4)13-12-24(2)3/h5-11,14,23H,12-13,15-16H2,1-4H3. The summed E-state index contributed by atoms with van der Waals surface area (Å²) in [5.41, 5.74) is 1.07. The maximum Gasteiger partial charge on any atom is 0.253 e. The van der Waals surface area contributed by atoms with Crippen LogP contribution in [0.25, 0.3) is 0 Å². The smallest absolute Gasteiger partial charge is 0.253 e. The van der Waals surface area contributed by atoms with Gasteiger partial charge < -0.3 is 24.6 Å². The minimum absolute atomic E-state index is 0.000683. The van der Waals surface area contributed by atoms with E-state index in [9.17, 15) is 4.79 Å². The molecule has 6 nitrogen and oxygen atoms in total. The Hall–Kier alpha value is -2.73. The van der Waals surface area contributed by atoms with Crippen LogP contribution >= 0.6 is 0 Å². The third kappa shape index (κ3) is 4.95. The van der Waals surface area contributed by atoms with Gasteiger partial charge in [0.15, 0.2) is 0 Å². The molecule has 0 radical (unpaired) electrons. The predicted octanol–water partition coefficient (Wildman–Crippen LogP) is 2.96. The molecule has 3 rings (SSSR count). The molecule has 0 aliphatic carbocycles. The van der Waals surface area contributed by atoms with E-state index in [1.807, 2.05) is 69.7 Å². The Balaban J connectivity index is 1.68. The number of nitrogens with zero attached hydrogens (tertiary/aromatic N) is 2. The van der Waals surface area contributed by atoms with Crippen LogP contribution in [-0.4, -0.2) is 68.7 Å². The number of amides is 1. The summed E-state index contributed by atoms with van der Waals surface area (Å²) in [6, 6.07) is 15.3. The zero-order valence-electron chi connectivity index (χ0n) is 17.1. The Morgan fingerprint density at radius 3 is 2.61 bits per heavy atom. The summed E-state index contributed by atoms with van der Waals surface area (Å²) in [6.45, 7) is 4.50. The van der Waals surface area contributed by atoms with Crippen molar-refractivity contribution < 1.29 is 14.3 Å². The van der Waals surface area contributed by atoms with Gasteiger partial charge in [-0.25, -0.2) is 0 Å². The summed E-state index contributed by atoms with van der Waals surface area (Å²) in [5.74, 6) is 1.58. The van der Waals surface area contributed by atoms with Crippen LogP contribution in [0.15, 0.2) is 48.5 Å². The minimum Gasteiger partial charge on any atom is -0.491 e. The zero-order chi connectivity index (χ0) is 20.1. The molecule has 0 saturated heterocycles. The molecule has 28 heavy (non-hydrogen) atoms. The third-order valence-corrected chi connectivity index (χ3v) is 4.74. The van der Waals surface area contributed by atoms with E-state index in [0.29, 0.717) is 25.3 Å². The summed E-state index contributed by atoms with van der Waals surface area (Å²) in [5, 5.41) is 3.50. The van der Waals surface area contributed by atoms with Crippen molar-refractivity contribution in [2.45, 2.75) is 12.5 Å². The highest BCUT2D eigenvalue weighted by Crippen LogP contribution is 2.34. The summed E-state index contributed by atoms with van der Waals surface area (Å²) >= 11 is 0. The van der Waals surface area contributed by atoms with Crippen LogP contribution in [0.3, 0.4) is 0 Å². The first-order valence-corrected chi connectivity index (χ1v) is 9.49. The average Bonchev–Trinajstić information content (AvgIpc) is 2.70.